The Labute approximate surface area is 169 Å². The number of halogens is 1. The fourth-order valence-corrected chi connectivity index (χ4v) is 4.05. The molecule has 0 radical (unpaired) electrons. The Balaban J connectivity index is 1.59. The Morgan fingerprint density at radius 3 is 2.03 bits per heavy atom. The van der Waals surface area contributed by atoms with Crippen LogP contribution in [0.1, 0.15) is 11.7 Å². The quantitative estimate of drug-likeness (QED) is 0.423. The van der Waals surface area contributed by atoms with Gasteiger partial charge in [-0.05, 0) is 65.2 Å². The summed E-state index contributed by atoms with van der Waals surface area (Å²) in [6, 6.07) is 27.7. The monoisotopic (exact) mass is 381 g/mol. The first-order valence-corrected chi connectivity index (χ1v) is 9.59. The van der Waals surface area contributed by atoms with Gasteiger partial charge in [0.25, 0.3) is 0 Å². The number of nitrogens with zero attached hydrogens (tertiary/aromatic N) is 3. The lowest BCUT2D eigenvalue weighted by Gasteiger charge is -2.31. The predicted octanol–water partition coefficient (Wildman–Crippen LogP) is 6.17. The van der Waals surface area contributed by atoms with Crippen molar-refractivity contribution in [2.75, 3.05) is 16.8 Å². The van der Waals surface area contributed by atoms with Crippen molar-refractivity contribution in [3.05, 3.63) is 109 Å². The van der Waals surface area contributed by atoms with E-state index in [1.54, 1.807) is 12.4 Å². The van der Waals surface area contributed by atoms with E-state index in [1.807, 2.05) is 30.3 Å². The van der Waals surface area contributed by atoms with Crippen LogP contribution in [0.25, 0.3) is 11.1 Å². The van der Waals surface area contributed by atoms with E-state index in [9.17, 15) is 4.39 Å². The van der Waals surface area contributed by atoms with Gasteiger partial charge in [0.15, 0.2) is 0 Å². The summed E-state index contributed by atoms with van der Waals surface area (Å²) >= 11 is 0. The number of aromatic nitrogens is 1. The summed E-state index contributed by atoms with van der Waals surface area (Å²) in [5.41, 5.74) is 6.72. The largest absolute Gasteiger partial charge is 0.349 e. The molecule has 1 atom stereocenters. The Bertz CT molecular complexity index is 1120. The van der Waals surface area contributed by atoms with E-state index in [0.717, 1.165) is 33.8 Å². The smallest absolute Gasteiger partial charge is 0.132 e. The molecule has 0 N–H and O–H groups in total. The Kier molecular flexibility index (Phi) is 4.24. The van der Waals surface area contributed by atoms with Gasteiger partial charge in [0.1, 0.15) is 12.0 Å². The van der Waals surface area contributed by atoms with E-state index in [1.165, 1.54) is 12.1 Å². The number of para-hydroxylation sites is 2. The van der Waals surface area contributed by atoms with Crippen molar-refractivity contribution in [1.29, 1.82) is 0 Å². The number of rotatable bonds is 3. The number of pyridine rings is 1. The summed E-state index contributed by atoms with van der Waals surface area (Å²) in [5, 5.41) is 0. The highest BCUT2D eigenvalue weighted by atomic mass is 19.1. The highest BCUT2D eigenvalue weighted by molar-refractivity contribution is 5.84. The fraction of sp³-hybridized carbons (Fsp3) is 0.0800. The lowest BCUT2D eigenvalue weighted by Crippen LogP contribution is -2.30. The molecule has 0 amide bonds. The molecule has 142 valence electrons. The third kappa shape index (κ3) is 3.03. The summed E-state index contributed by atoms with van der Waals surface area (Å²) in [4.78, 5) is 8.63. The molecule has 0 saturated heterocycles. The maximum absolute atomic E-state index is 13.5. The molecule has 4 heteroatoms. The first-order chi connectivity index (χ1) is 14.2. The van der Waals surface area contributed by atoms with Gasteiger partial charge in [-0.15, -0.1) is 0 Å². The van der Waals surface area contributed by atoms with E-state index >= 15 is 0 Å². The zero-order chi connectivity index (χ0) is 19.8. The normalized spacial score (nSPS) is 15.4. The summed E-state index contributed by atoms with van der Waals surface area (Å²) in [6.45, 7) is 0. The summed E-state index contributed by atoms with van der Waals surface area (Å²) in [7, 11) is 2.08. The second-order valence-corrected chi connectivity index (χ2v) is 7.18. The van der Waals surface area contributed by atoms with Crippen LogP contribution in [0.3, 0.4) is 0 Å². The molecular weight excluding hydrogens is 361 g/mol. The van der Waals surface area contributed by atoms with Gasteiger partial charge >= 0.3 is 0 Å². The average molecular weight is 381 g/mol. The van der Waals surface area contributed by atoms with Gasteiger partial charge in [0.05, 0.1) is 11.4 Å². The van der Waals surface area contributed by atoms with Crippen LogP contribution in [0.4, 0.5) is 21.5 Å². The first-order valence-electron chi connectivity index (χ1n) is 9.59. The Morgan fingerprint density at radius 2 is 1.34 bits per heavy atom. The molecule has 1 aromatic heterocycles. The average Bonchev–Trinajstić information content (AvgIpc) is 3.08. The van der Waals surface area contributed by atoms with Crippen LogP contribution in [0, 0.1) is 5.82 Å². The van der Waals surface area contributed by atoms with Gasteiger partial charge in [-0.2, -0.15) is 0 Å². The van der Waals surface area contributed by atoms with Crippen LogP contribution in [-0.4, -0.2) is 12.0 Å². The van der Waals surface area contributed by atoms with E-state index in [4.69, 9.17) is 0 Å². The van der Waals surface area contributed by atoms with Gasteiger partial charge in [-0.25, -0.2) is 4.39 Å². The van der Waals surface area contributed by atoms with Crippen molar-refractivity contribution < 1.29 is 4.39 Å². The molecule has 0 fully saturated rings. The summed E-state index contributed by atoms with van der Waals surface area (Å²) in [6.07, 6.45) is 3.57. The van der Waals surface area contributed by atoms with Crippen LogP contribution in [0.15, 0.2) is 97.3 Å². The summed E-state index contributed by atoms with van der Waals surface area (Å²) < 4.78 is 13.5. The SMILES string of the molecule is CN1c2ccccc2N(c2ccc(-c3ccncc3)cc2)C1c1ccc(F)cc1. The van der Waals surface area contributed by atoms with E-state index in [0.29, 0.717) is 0 Å². The maximum atomic E-state index is 13.5. The zero-order valence-corrected chi connectivity index (χ0v) is 16.0. The van der Waals surface area contributed by atoms with Crippen molar-refractivity contribution in [2.45, 2.75) is 6.17 Å². The van der Waals surface area contributed by atoms with Crippen LogP contribution < -0.4 is 9.80 Å². The minimum atomic E-state index is -0.222. The predicted molar refractivity (Wildman–Crippen MR) is 116 cm³/mol. The molecule has 4 aromatic rings. The van der Waals surface area contributed by atoms with E-state index in [-0.39, 0.29) is 12.0 Å². The molecule has 3 aromatic carbocycles. The second kappa shape index (κ2) is 7.06. The molecule has 0 saturated carbocycles. The molecule has 2 heterocycles. The van der Waals surface area contributed by atoms with Crippen molar-refractivity contribution in [1.82, 2.24) is 4.98 Å². The van der Waals surface area contributed by atoms with Crippen LogP contribution in [-0.2, 0) is 0 Å². The topological polar surface area (TPSA) is 19.4 Å². The third-order valence-corrected chi connectivity index (χ3v) is 5.46. The van der Waals surface area contributed by atoms with Crippen molar-refractivity contribution >= 4 is 17.1 Å². The molecule has 3 nitrogen and oxygen atoms in total. The van der Waals surface area contributed by atoms with Crippen molar-refractivity contribution in [3.63, 3.8) is 0 Å². The van der Waals surface area contributed by atoms with Gasteiger partial charge in [0, 0.05) is 25.1 Å². The molecule has 1 unspecified atom stereocenters. The highest BCUT2D eigenvalue weighted by Crippen LogP contribution is 2.49. The third-order valence-electron chi connectivity index (χ3n) is 5.46. The minimum absolute atomic E-state index is 0.0419. The molecule has 1 aliphatic heterocycles. The lowest BCUT2D eigenvalue weighted by atomic mass is 10.1. The number of hydrogen-bond donors (Lipinski definition) is 0. The van der Waals surface area contributed by atoms with Gasteiger partial charge in [-0.1, -0.05) is 36.4 Å². The number of hydrogen-bond acceptors (Lipinski definition) is 3. The molecule has 0 spiro atoms. The highest BCUT2D eigenvalue weighted by Gasteiger charge is 2.35. The van der Waals surface area contributed by atoms with Crippen LogP contribution in [0.2, 0.25) is 0 Å². The number of benzene rings is 3. The zero-order valence-electron chi connectivity index (χ0n) is 16.0. The first kappa shape index (κ1) is 17.4. The number of anilines is 3. The van der Waals surface area contributed by atoms with Crippen LogP contribution >= 0.6 is 0 Å². The summed E-state index contributed by atoms with van der Waals surface area (Å²) in [5.74, 6) is -0.222. The molecule has 0 aliphatic carbocycles. The minimum Gasteiger partial charge on any atom is -0.349 e. The molecular formula is C25H20FN3. The fourth-order valence-electron chi connectivity index (χ4n) is 4.05. The lowest BCUT2D eigenvalue weighted by molar-refractivity contribution is 0.624. The van der Waals surface area contributed by atoms with Gasteiger partial charge in [0.2, 0.25) is 0 Å². The standard InChI is InChI=1S/C25H20FN3/c1-28-23-4-2-3-5-24(23)29(25(28)20-6-10-21(26)11-7-20)22-12-8-18(9-13-22)19-14-16-27-17-15-19/h2-17,25H,1H3. The Morgan fingerprint density at radius 1 is 0.724 bits per heavy atom. The van der Waals surface area contributed by atoms with E-state index < -0.39 is 0 Å². The molecule has 5 rings (SSSR count). The Hall–Kier alpha value is -3.66. The van der Waals surface area contributed by atoms with E-state index in [2.05, 4.69) is 64.3 Å². The molecule has 1 aliphatic rings. The van der Waals surface area contributed by atoms with Crippen molar-refractivity contribution in [2.24, 2.45) is 0 Å². The van der Waals surface area contributed by atoms with Gasteiger partial charge in [-0.3, -0.25) is 4.98 Å². The van der Waals surface area contributed by atoms with Crippen LogP contribution in [0.5, 0.6) is 0 Å². The second-order valence-electron chi connectivity index (χ2n) is 7.18. The number of fused-ring (bicyclic) bond motifs is 1. The molecule has 29 heavy (non-hydrogen) atoms. The molecule has 0 bridgehead atoms. The maximum Gasteiger partial charge on any atom is 0.132 e. The van der Waals surface area contributed by atoms with Gasteiger partial charge < -0.3 is 9.80 Å². The van der Waals surface area contributed by atoms with Crippen molar-refractivity contribution in [3.8, 4) is 11.1 Å².